The van der Waals surface area contributed by atoms with Crippen molar-refractivity contribution in [3.8, 4) is 0 Å². The van der Waals surface area contributed by atoms with Gasteiger partial charge in [0, 0.05) is 24.6 Å². The molecule has 0 unspecified atom stereocenters. The van der Waals surface area contributed by atoms with Gasteiger partial charge in [-0.05, 0) is 38.5 Å². The molecule has 9 heteroatoms. The summed E-state index contributed by atoms with van der Waals surface area (Å²) in [5.41, 5.74) is 0.494. The molecule has 0 aliphatic carbocycles. The van der Waals surface area contributed by atoms with Crippen molar-refractivity contribution in [1.29, 1.82) is 0 Å². The lowest BCUT2D eigenvalue weighted by atomic mass is 10.2. The first-order valence-electron chi connectivity index (χ1n) is 9.24. The summed E-state index contributed by atoms with van der Waals surface area (Å²) in [6.45, 7) is 7.04. The quantitative estimate of drug-likeness (QED) is 0.291. The molecule has 0 saturated carbocycles. The minimum Gasteiger partial charge on any atom is -0.379 e. The Hall–Kier alpha value is -1.90. The highest BCUT2D eigenvalue weighted by Crippen LogP contribution is 2.23. The molecule has 0 atom stereocenters. The van der Waals surface area contributed by atoms with Gasteiger partial charge in [0.25, 0.3) is 5.56 Å². The van der Waals surface area contributed by atoms with Crippen LogP contribution in [0.5, 0.6) is 0 Å². The van der Waals surface area contributed by atoms with Crippen LogP contribution >= 0.6 is 23.4 Å². The molecule has 0 N–H and O–H groups in total. The van der Waals surface area contributed by atoms with Crippen molar-refractivity contribution in [2.45, 2.75) is 57.2 Å². The van der Waals surface area contributed by atoms with Crippen molar-refractivity contribution in [1.82, 2.24) is 19.7 Å². The minimum atomic E-state index is -0.0870. The van der Waals surface area contributed by atoms with E-state index in [1.165, 1.54) is 11.8 Å². The van der Waals surface area contributed by atoms with Crippen molar-refractivity contribution in [2.24, 2.45) is 0 Å². The average Bonchev–Trinajstić information content (AvgIpc) is 3.12. The van der Waals surface area contributed by atoms with Gasteiger partial charge in [0.05, 0.1) is 22.8 Å². The molecule has 1 aromatic carbocycles. The number of hydrogen-bond donors (Lipinski definition) is 0. The standard InChI is InChI=1S/C19H23ClN4O3S/c1-4-17-22-16(23-27-17)11-28-19-21-15-10-13(20)6-7-14(15)18(25)24(19)8-5-9-26-12(2)3/h6-7,10,12H,4-5,8-9,11H2,1-3H3. The number of aromatic nitrogens is 4. The molecule has 150 valence electrons. The summed E-state index contributed by atoms with van der Waals surface area (Å²) in [5.74, 6) is 1.64. The fraction of sp³-hybridized carbons (Fsp3) is 0.474. The lowest BCUT2D eigenvalue weighted by molar-refractivity contribution is 0.0743. The van der Waals surface area contributed by atoms with E-state index >= 15 is 0 Å². The average molecular weight is 423 g/mol. The van der Waals surface area contributed by atoms with Gasteiger partial charge in [-0.15, -0.1) is 0 Å². The Morgan fingerprint density at radius 2 is 2.14 bits per heavy atom. The number of ether oxygens (including phenoxy) is 1. The van der Waals surface area contributed by atoms with Crippen LogP contribution in [0.2, 0.25) is 5.02 Å². The second kappa shape index (κ2) is 9.54. The van der Waals surface area contributed by atoms with E-state index in [1.54, 1.807) is 22.8 Å². The summed E-state index contributed by atoms with van der Waals surface area (Å²) in [7, 11) is 0. The maximum absolute atomic E-state index is 13.0. The highest BCUT2D eigenvalue weighted by Gasteiger charge is 2.14. The molecule has 2 heterocycles. The summed E-state index contributed by atoms with van der Waals surface area (Å²) in [5, 5.41) is 5.66. The SMILES string of the molecule is CCc1nc(CSc2nc3cc(Cl)ccc3c(=O)n2CCCOC(C)C)no1. The van der Waals surface area contributed by atoms with Crippen LogP contribution in [0.4, 0.5) is 0 Å². The van der Waals surface area contributed by atoms with Crippen LogP contribution in [0.25, 0.3) is 10.9 Å². The number of fused-ring (bicyclic) bond motifs is 1. The molecule has 0 radical (unpaired) electrons. The summed E-state index contributed by atoms with van der Waals surface area (Å²) >= 11 is 7.49. The van der Waals surface area contributed by atoms with E-state index in [2.05, 4.69) is 15.1 Å². The molecule has 0 bridgehead atoms. The van der Waals surface area contributed by atoms with Crippen LogP contribution in [0.3, 0.4) is 0 Å². The predicted octanol–water partition coefficient (Wildman–Crippen LogP) is 4.10. The lowest BCUT2D eigenvalue weighted by Gasteiger charge is -2.13. The first-order valence-corrected chi connectivity index (χ1v) is 10.6. The largest absolute Gasteiger partial charge is 0.379 e. The minimum absolute atomic E-state index is 0.0870. The number of thioether (sulfide) groups is 1. The highest BCUT2D eigenvalue weighted by atomic mass is 35.5. The van der Waals surface area contributed by atoms with E-state index in [1.807, 2.05) is 20.8 Å². The zero-order valence-corrected chi connectivity index (χ0v) is 17.7. The van der Waals surface area contributed by atoms with Crippen molar-refractivity contribution >= 4 is 34.3 Å². The Morgan fingerprint density at radius 3 is 2.86 bits per heavy atom. The van der Waals surface area contributed by atoms with Gasteiger partial charge in [-0.3, -0.25) is 9.36 Å². The van der Waals surface area contributed by atoms with Crippen LogP contribution in [-0.2, 0) is 23.5 Å². The number of halogens is 1. The predicted molar refractivity (Wildman–Crippen MR) is 110 cm³/mol. The summed E-state index contributed by atoms with van der Waals surface area (Å²) in [6, 6.07) is 5.13. The first kappa shape index (κ1) is 20.8. The molecule has 0 saturated heterocycles. The lowest BCUT2D eigenvalue weighted by Crippen LogP contribution is -2.24. The van der Waals surface area contributed by atoms with Gasteiger partial charge in [0.15, 0.2) is 11.0 Å². The highest BCUT2D eigenvalue weighted by molar-refractivity contribution is 7.98. The Labute approximate surface area is 172 Å². The van der Waals surface area contributed by atoms with Crippen molar-refractivity contribution in [3.63, 3.8) is 0 Å². The Balaban J connectivity index is 1.87. The van der Waals surface area contributed by atoms with Gasteiger partial charge in [-0.2, -0.15) is 4.98 Å². The molecule has 3 aromatic rings. The molecule has 2 aromatic heterocycles. The van der Waals surface area contributed by atoms with E-state index < -0.39 is 0 Å². The zero-order chi connectivity index (χ0) is 20.1. The van der Waals surface area contributed by atoms with Crippen LogP contribution in [0.1, 0.15) is 38.9 Å². The first-order chi connectivity index (χ1) is 13.5. The van der Waals surface area contributed by atoms with E-state index in [9.17, 15) is 4.79 Å². The van der Waals surface area contributed by atoms with E-state index in [4.69, 9.17) is 20.9 Å². The molecule has 0 spiro atoms. The zero-order valence-electron chi connectivity index (χ0n) is 16.1. The van der Waals surface area contributed by atoms with E-state index in [0.717, 1.165) is 0 Å². The topological polar surface area (TPSA) is 83.0 Å². The van der Waals surface area contributed by atoms with Crippen LogP contribution in [0.15, 0.2) is 32.7 Å². The smallest absolute Gasteiger partial charge is 0.262 e. The molecular formula is C19H23ClN4O3S. The molecule has 0 aliphatic heterocycles. The third kappa shape index (κ3) is 5.12. The number of benzene rings is 1. The van der Waals surface area contributed by atoms with E-state index in [0.29, 0.717) is 64.5 Å². The molecule has 7 nitrogen and oxygen atoms in total. The normalized spacial score (nSPS) is 11.6. The fourth-order valence-electron chi connectivity index (χ4n) is 2.64. The van der Waals surface area contributed by atoms with Crippen molar-refractivity contribution in [2.75, 3.05) is 6.61 Å². The number of rotatable bonds is 9. The number of aryl methyl sites for hydroxylation is 1. The van der Waals surface area contributed by atoms with Gasteiger partial charge in [0.2, 0.25) is 5.89 Å². The Morgan fingerprint density at radius 1 is 1.32 bits per heavy atom. The fourth-order valence-corrected chi connectivity index (χ4v) is 3.68. The second-order valence-electron chi connectivity index (χ2n) is 6.53. The summed E-state index contributed by atoms with van der Waals surface area (Å²) in [6.07, 6.45) is 1.56. The van der Waals surface area contributed by atoms with Gasteiger partial charge in [-0.1, -0.05) is 35.4 Å². The van der Waals surface area contributed by atoms with Crippen molar-refractivity contribution in [3.05, 3.63) is 45.3 Å². The molecule has 28 heavy (non-hydrogen) atoms. The van der Waals surface area contributed by atoms with Crippen molar-refractivity contribution < 1.29 is 9.26 Å². The van der Waals surface area contributed by atoms with Gasteiger partial charge < -0.3 is 9.26 Å². The van der Waals surface area contributed by atoms with Gasteiger partial charge in [0.1, 0.15) is 0 Å². The van der Waals surface area contributed by atoms with Crippen LogP contribution < -0.4 is 5.56 Å². The third-order valence-electron chi connectivity index (χ3n) is 4.00. The molecule has 0 aliphatic rings. The van der Waals surface area contributed by atoms with Crippen LogP contribution in [-0.4, -0.2) is 32.4 Å². The van der Waals surface area contributed by atoms with Gasteiger partial charge in [-0.25, -0.2) is 4.98 Å². The Kier molecular flexibility index (Phi) is 7.09. The van der Waals surface area contributed by atoms with Crippen LogP contribution in [0, 0.1) is 0 Å². The maximum Gasteiger partial charge on any atom is 0.262 e. The van der Waals surface area contributed by atoms with E-state index in [-0.39, 0.29) is 11.7 Å². The molecule has 0 amide bonds. The summed E-state index contributed by atoms with van der Waals surface area (Å²) < 4.78 is 12.4. The Bertz CT molecular complexity index is 1000. The maximum atomic E-state index is 13.0. The number of nitrogens with zero attached hydrogens (tertiary/aromatic N) is 4. The molecule has 0 fully saturated rings. The second-order valence-corrected chi connectivity index (χ2v) is 7.91. The summed E-state index contributed by atoms with van der Waals surface area (Å²) in [4.78, 5) is 22.0. The van der Waals surface area contributed by atoms with Gasteiger partial charge >= 0.3 is 0 Å². The molecular weight excluding hydrogens is 400 g/mol. The monoisotopic (exact) mass is 422 g/mol. The molecule has 3 rings (SSSR count). The third-order valence-corrected chi connectivity index (χ3v) is 5.21. The number of hydrogen-bond acceptors (Lipinski definition) is 7.